The van der Waals surface area contributed by atoms with Crippen molar-refractivity contribution >= 4 is 5.78 Å². The normalized spacial score (nSPS) is 10.5. The molecule has 1 aromatic carbocycles. The summed E-state index contributed by atoms with van der Waals surface area (Å²) in [5.74, 6) is -1.68. The minimum absolute atomic E-state index is 0.294. The third-order valence-corrected chi connectivity index (χ3v) is 1.64. The van der Waals surface area contributed by atoms with Gasteiger partial charge in [0.2, 0.25) is 0 Å². The third kappa shape index (κ3) is 1.88. The highest BCUT2D eigenvalue weighted by Crippen LogP contribution is 2.23. The van der Waals surface area contributed by atoms with E-state index < -0.39 is 23.6 Å². The highest BCUT2D eigenvalue weighted by molar-refractivity contribution is 5.94. The molecule has 1 rings (SSSR count). The Labute approximate surface area is 73.2 Å². The molecule has 0 heterocycles. The van der Waals surface area contributed by atoms with Gasteiger partial charge in [0.1, 0.15) is 5.82 Å². The molecule has 0 N–H and O–H groups in total. The molecule has 4 heteroatoms. The van der Waals surface area contributed by atoms with E-state index in [2.05, 4.69) is 0 Å². The summed E-state index contributed by atoms with van der Waals surface area (Å²) >= 11 is 0. The maximum atomic E-state index is 13.1. The quantitative estimate of drug-likeness (QED) is 0.652. The van der Waals surface area contributed by atoms with Gasteiger partial charge in [-0.05, 0) is 13.0 Å². The van der Waals surface area contributed by atoms with Crippen LogP contribution in [0.3, 0.4) is 0 Å². The maximum absolute atomic E-state index is 13.1. The summed E-state index contributed by atoms with van der Waals surface area (Å²) in [7, 11) is 0. The van der Waals surface area contributed by atoms with Crippen LogP contribution in [0.2, 0.25) is 0 Å². The van der Waals surface area contributed by atoms with Crippen molar-refractivity contribution in [3.05, 3.63) is 35.1 Å². The number of benzene rings is 1. The Morgan fingerprint density at radius 3 is 2.46 bits per heavy atom. The van der Waals surface area contributed by atoms with Crippen LogP contribution in [0.15, 0.2) is 18.2 Å². The Hall–Kier alpha value is -1.32. The summed E-state index contributed by atoms with van der Waals surface area (Å²) in [6.45, 7) is 1.13. The van der Waals surface area contributed by atoms with Gasteiger partial charge < -0.3 is 0 Å². The van der Waals surface area contributed by atoms with Crippen molar-refractivity contribution in [1.29, 1.82) is 0 Å². The lowest BCUT2D eigenvalue weighted by Gasteiger charge is -2.04. The second-order valence-electron chi connectivity index (χ2n) is 2.57. The van der Waals surface area contributed by atoms with E-state index in [0.717, 1.165) is 13.0 Å². The molecule has 0 unspecified atom stereocenters. The first kappa shape index (κ1) is 9.77. The van der Waals surface area contributed by atoms with E-state index in [-0.39, 0.29) is 5.56 Å². The maximum Gasteiger partial charge on any atom is 0.266 e. The van der Waals surface area contributed by atoms with Gasteiger partial charge in [-0.15, -0.1) is 0 Å². The molecule has 0 aliphatic rings. The first-order valence-electron chi connectivity index (χ1n) is 3.61. The van der Waals surface area contributed by atoms with Crippen molar-refractivity contribution in [3.8, 4) is 0 Å². The number of Topliss-reactive ketones (excluding diaryl/α,β-unsaturated/α-hetero) is 1. The number of hydrogen-bond donors (Lipinski definition) is 0. The van der Waals surface area contributed by atoms with E-state index >= 15 is 0 Å². The van der Waals surface area contributed by atoms with Crippen LogP contribution < -0.4 is 0 Å². The minimum atomic E-state index is -2.89. The van der Waals surface area contributed by atoms with Gasteiger partial charge in [-0.2, -0.15) is 0 Å². The number of hydrogen-bond acceptors (Lipinski definition) is 1. The van der Waals surface area contributed by atoms with Crippen molar-refractivity contribution < 1.29 is 18.0 Å². The van der Waals surface area contributed by atoms with E-state index in [4.69, 9.17) is 0 Å². The molecule has 70 valence electrons. The summed E-state index contributed by atoms with van der Waals surface area (Å²) in [6.07, 6.45) is -2.89. The molecule has 0 bridgehead atoms. The van der Waals surface area contributed by atoms with Crippen molar-refractivity contribution in [1.82, 2.24) is 0 Å². The van der Waals surface area contributed by atoms with Crippen LogP contribution in [0, 0.1) is 5.82 Å². The standard InChI is InChI=1S/C9H7F3O/c1-5(13)6-3-2-4-7(8(6)10)9(11)12/h2-4,9H,1H3. The molecule has 0 radical (unpaired) electrons. The van der Waals surface area contributed by atoms with E-state index in [1.807, 2.05) is 0 Å². The van der Waals surface area contributed by atoms with Crippen molar-refractivity contribution in [3.63, 3.8) is 0 Å². The molecule has 0 aliphatic heterocycles. The van der Waals surface area contributed by atoms with Gasteiger partial charge in [-0.1, -0.05) is 12.1 Å². The fraction of sp³-hybridized carbons (Fsp3) is 0.222. The van der Waals surface area contributed by atoms with Crippen molar-refractivity contribution in [2.75, 3.05) is 0 Å². The van der Waals surface area contributed by atoms with Gasteiger partial charge in [-0.25, -0.2) is 13.2 Å². The lowest BCUT2D eigenvalue weighted by Crippen LogP contribution is -2.01. The van der Waals surface area contributed by atoms with Crippen LogP contribution in [-0.4, -0.2) is 5.78 Å². The first-order valence-corrected chi connectivity index (χ1v) is 3.61. The monoisotopic (exact) mass is 188 g/mol. The van der Waals surface area contributed by atoms with Crippen LogP contribution in [0.4, 0.5) is 13.2 Å². The van der Waals surface area contributed by atoms with E-state index in [9.17, 15) is 18.0 Å². The van der Waals surface area contributed by atoms with Gasteiger partial charge in [-0.3, -0.25) is 4.79 Å². The minimum Gasteiger partial charge on any atom is -0.294 e. The fourth-order valence-electron chi connectivity index (χ4n) is 0.990. The zero-order valence-electron chi connectivity index (χ0n) is 6.85. The molecule has 1 aromatic rings. The molecule has 13 heavy (non-hydrogen) atoms. The molecule has 0 aliphatic carbocycles. The van der Waals surface area contributed by atoms with Gasteiger partial charge >= 0.3 is 0 Å². The van der Waals surface area contributed by atoms with E-state index in [1.165, 1.54) is 12.1 Å². The second-order valence-corrected chi connectivity index (χ2v) is 2.57. The van der Waals surface area contributed by atoms with Crippen molar-refractivity contribution in [2.45, 2.75) is 13.3 Å². The number of ketones is 1. The average Bonchev–Trinajstić information content (AvgIpc) is 2.03. The summed E-state index contributed by atoms with van der Waals surface area (Å²) in [5, 5.41) is 0. The lowest BCUT2D eigenvalue weighted by atomic mass is 10.1. The molecular weight excluding hydrogens is 181 g/mol. The molecule has 0 saturated carbocycles. The van der Waals surface area contributed by atoms with Crippen LogP contribution in [0.5, 0.6) is 0 Å². The second kappa shape index (κ2) is 3.60. The number of carbonyl (C=O) groups is 1. The molecule has 0 aromatic heterocycles. The molecule has 0 fully saturated rings. The third-order valence-electron chi connectivity index (χ3n) is 1.64. The predicted molar refractivity (Wildman–Crippen MR) is 41.4 cm³/mol. The Morgan fingerprint density at radius 2 is 2.00 bits per heavy atom. The summed E-state index contributed by atoms with van der Waals surface area (Å²) in [6, 6.07) is 3.39. The molecule has 0 atom stereocenters. The van der Waals surface area contributed by atoms with E-state index in [1.54, 1.807) is 0 Å². The Morgan fingerprint density at radius 1 is 1.38 bits per heavy atom. The van der Waals surface area contributed by atoms with Crippen LogP contribution in [-0.2, 0) is 0 Å². The fourth-order valence-corrected chi connectivity index (χ4v) is 0.990. The van der Waals surface area contributed by atoms with Crippen LogP contribution in [0.25, 0.3) is 0 Å². The largest absolute Gasteiger partial charge is 0.294 e. The molecule has 1 nitrogen and oxygen atoms in total. The Balaban J connectivity index is 3.26. The smallest absolute Gasteiger partial charge is 0.266 e. The number of alkyl halides is 2. The van der Waals surface area contributed by atoms with Crippen molar-refractivity contribution in [2.24, 2.45) is 0 Å². The van der Waals surface area contributed by atoms with Gasteiger partial charge in [0.15, 0.2) is 5.78 Å². The topological polar surface area (TPSA) is 17.1 Å². The zero-order chi connectivity index (χ0) is 10.0. The Kier molecular flexibility index (Phi) is 2.70. The molecule has 0 spiro atoms. The van der Waals surface area contributed by atoms with Gasteiger partial charge in [0.05, 0.1) is 11.1 Å². The van der Waals surface area contributed by atoms with Crippen LogP contribution in [0.1, 0.15) is 29.3 Å². The van der Waals surface area contributed by atoms with Gasteiger partial charge in [0, 0.05) is 0 Å². The van der Waals surface area contributed by atoms with Crippen LogP contribution >= 0.6 is 0 Å². The summed E-state index contributed by atoms with van der Waals surface area (Å²) in [4.78, 5) is 10.8. The van der Waals surface area contributed by atoms with Gasteiger partial charge in [0.25, 0.3) is 6.43 Å². The molecule has 0 amide bonds. The number of halogens is 3. The SMILES string of the molecule is CC(=O)c1cccc(C(F)F)c1F. The first-order chi connectivity index (χ1) is 6.04. The highest BCUT2D eigenvalue weighted by atomic mass is 19.3. The lowest BCUT2D eigenvalue weighted by molar-refractivity contribution is 0.101. The van der Waals surface area contributed by atoms with E-state index in [0.29, 0.717) is 0 Å². The Bertz CT molecular complexity index is 334. The number of carbonyl (C=O) groups excluding carboxylic acids is 1. The predicted octanol–water partition coefficient (Wildman–Crippen LogP) is 2.97. The molecular formula is C9H7F3O. The summed E-state index contributed by atoms with van der Waals surface area (Å²) in [5.41, 5.74) is -1.02. The highest BCUT2D eigenvalue weighted by Gasteiger charge is 2.17. The zero-order valence-corrected chi connectivity index (χ0v) is 6.85. The molecule has 0 saturated heterocycles. The summed E-state index contributed by atoms with van der Waals surface area (Å²) < 4.78 is 37.3. The number of rotatable bonds is 2. The average molecular weight is 188 g/mol.